The number of benzene rings is 1. The van der Waals surface area contributed by atoms with Crippen molar-refractivity contribution >= 4 is 23.0 Å². The topological polar surface area (TPSA) is 40.5 Å². The fourth-order valence-corrected chi connectivity index (χ4v) is 3.11. The number of nitrogens with zero attached hydrogens (tertiary/aromatic N) is 1. The van der Waals surface area contributed by atoms with Crippen LogP contribution >= 0.6 is 11.3 Å². The molecule has 0 radical (unpaired) electrons. The van der Waals surface area contributed by atoms with Gasteiger partial charge in [-0.3, -0.25) is 0 Å². The Labute approximate surface area is 109 Å². The molecule has 1 atom stereocenters. The Morgan fingerprint density at radius 2 is 2.22 bits per heavy atom. The van der Waals surface area contributed by atoms with Crippen LogP contribution in [0.15, 0.2) is 41.1 Å². The van der Waals surface area contributed by atoms with E-state index in [0.29, 0.717) is 13.0 Å². The van der Waals surface area contributed by atoms with E-state index in [4.69, 9.17) is 0 Å². The molecular weight excluding hydrogens is 246 g/mol. The van der Waals surface area contributed by atoms with Gasteiger partial charge in [-0.1, -0.05) is 18.2 Å². The van der Waals surface area contributed by atoms with Crippen molar-refractivity contribution < 1.29 is 9.90 Å². The summed E-state index contributed by atoms with van der Waals surface area (Å²) in [7, 11) is 0. The normalized spacial score (nSPS) is 17.8. The van der Waals surface area contributed by atoms with Crippen molar-refractivity contribution in [2.75, 3.05) is 4.90 Å². The van der Waals surface area contributed by atoms with Gasteiger partial charge in [0.05, 0.1) is 0 Å². The smallest absolute Gasteiger partial charge is 0.326 e. The van der Waals surface area contributed by atoms with Crippen LogP contribution in [-0.2, 0) is 17.8 Å². The quantitative estimate of drug-likeness (QED) is 0.921. The number of hydrogen-bond acceptors (Lipinski definition) is 3. The number of aliphatic carboxylic acids is 1. The highest BCUT2D eigenvalue weighted by Gasteiger charge is 2.33. The predicted octanol–water partition coefficient (Wildman–Crippen LogP) is 2.76. The van der Waals surface area contributed by atoms with Crippen LogP contribution in [-0.4, -0.2) is 17.1 Å². The average Bonchev–Trinajstić information content (AvgIpc) is 2.98. The maximum absolute atomic E-state index is 11.4. The van der Waals surface area contributed by atoms with E-state index in [2.05, 4.69) is 5.38 Å². The molecule has 18 heavy (non-hydrogen) atoms. The van der Waals surface area contributed by atoms with Crippen LogP contribution in [0.25, 0.3) is 0 Å². The first-order valence-electron chi connectivity index (χ1n) is 5.84. The summed E-state index contributed by atoms with van der Waals surface area (Å²) in [6.07, 6.45) is 0.593. The average molecular weight is 259 g/mol. The molecule has 0 amide bonds. The Kier molecular flexibility index (Phi) is 2.80. The fraction of sp³-hybridized carbons (Fsp3) is 0.214. The van der Waals surface area contributed by atoms with E-state index in [1.807, 2.05) is 40.6 Å². The third-order valence-corrected chi connectivity index (χ3v) is 4.04. The number of carboxylic acids is 1. The zero-order valence-corrected chi connectivity index (χ0v) is 10.6. The van der Waals surface area contributed by atoms with Crippen molar-refractivity contribution in [1.29, 1.82) is 0 Å². The first kappa shape index (κ1) is 11.3. The van der Waals surface area contributed by atoms with Gasteiger partial charge in [-0.2, -0.15) is 11.3 Å². The van der Waals surface area contributed by atoms with Crippen molar-refractivity contribution in [1.82, 2.24) is 0 Å². The number of carbonyl (C=O) groups is 1. The van der Waals surface area contributed by atoms with Crippen molar-refractivity contribution in [3.8, 4) is 0 Å². The van der Waals surface area contributed by atoms with Crippen molar-refractivity contribution in [3.63, 3.8) is 0 Å². The third-order valence-electron chi connectivity index (χ3n) is 3.31. The molecule has 0 fully saturated rings. The molecule has 1 N–H and O–H groups in total. The number of thiophene rings is 1. The van der Waals surface area contributed by atoms with Gasteiger partial charge in [-0.15, -0.1) is 0 Å². The molecule has 0 saturated carbocycles. The van der Waals surface area contributed by atoms with Crippen LogP contribution < -0.4 is 4.90 Å². The minimum Gasteiger partial charge on any atom is -0.480 e. The molecule has 0 bridgehead atoms. The molecule has 0 saturated heterocycles. The molecule has 1 unspecified atom stereocenters. The van der Waals surface area contributed by atoms with Crippen LogP contribution in [0.3, 0.4) is 0 Å². The molecule has 0 aliphatic carbocycles. The SMILES string of the molecule is O=C(O)C1Cc2ccccc2N1Cc1ccsc1. The van der Waals surface area contributed by atoms with E-state index < -0.39 is 12.0 Å². The molecular formula is C14H13NO2S. The molecule has 1 aliphatic heterocycles. The van der Waals surface area contributed by atoms with Gasteiger partial charge in [-0.05, 0) is 34.0 Å². The van der Waals surface area contributed by atoms with E-state index in [1.54, 1.807) is 11.3 Å². The summed E-state index contributed by atoms with van der Waals surface area (Å²) < 4.78 is 0. The van der Waals surface area contributed by atoms with Gasteiger partial charge in [0.2, 0.25) is 0 Å². The molecule has 0 spiro atoms. The zero-order chi connectivity index (χ0) is 12.5. The number of para-hydroxylation sites is 1. The molecule has 1 aromatic carbocycles. The number of rotatable bonds is 3. The van der Waals surface area contributed by atoms with Gasteiger partial charge in [0.15, 0.2) is 0 Å². The number of anilines is 1. The van der Waals surface area contributed by atoms with Gasteiger partial charge in [0.1, 0.15) is 6.04 Å². The standard InChI is InChI=1S/C14H13NO2S/c16-14(17)13-7-11-3-1-2-4-12(11)15(13)8-10-5-6-18-9-10/h1-6,9,13H,7-8H2,(H,16,17). The molecule has 3 nitrogen and oxygen atoms in total. The van der Waals surface area contributed by atoms with Crippen LogP contribution in [0.5, 0.6) is 0 Å². The summed E-state index contributed by atoms with van der Waals surface area (Å²) >= 11 is 1.64. The molecule has 2 heterocycles. The van der Waals surface area contributed by atoms with Gasteiger partial charge in [0, 0.05) is 18.7 Å². The van der Waals surface area contributed by atoms with Crippen LogP contribution in [0.2, 0.25) is 0 Å². The minimum absolute atomic E-state index is 0.442. The largest absolute Gasteiger partial charge is 0.480 e. The summed E-state index contributed by atoms with van der Waals surface area (Å²) in [5.74, 6) is -0.749. The predicted molar refractivity (Wildman–Crippen MR) is 72.1 cm³/mol. The Morgan fingerprint density at radius 3 is 2.94 bits per heavy atom. The number of hydrogen-bond donors (Lipinski definition) is 1. The molecule has 92 valence electrons. The minimum atomic E-state index is -0.749. The van der Waals surface area contributed by atoms with E-state index in [0.717, 1.165) is 11.3 Å². The Morgan fingerprint density at radius 1 is 1.39 bits per heavy atom. The summed E-state index contributed by atoms with van der Waals surface area (Å²) in [6, 6.07) is 9.55. The monoisotopic (exact) mass is 259 g/mol. The summed E-state index contributed by atoms with van der Waals surface area (Å²) in [4.78, 5) is 13.4. The number of carboxylic acid groups (broad SMARTS) is 1. The fourth-order valence-electron chi connectivity index (χ4n) is 2.45. The molecule has 3 rings (SSSR count). The highest BCUT2D eigenvalue weighted by molar-refractivity contribution is 7.07. The lowest BCUT2D eigenvalue weighted by Crippen LogP contribution is -2.37. The summed E-state index contributed by atoms with van der Waals surface area (Å²) in [5.41, 5.74) is 3.35. The molecule has 1 aliphatic rings. The molecule has 1 aromatic heterocycles. The Balaban J connectivity index is 1.95. The van der Waals surface area contributed by atoms with E-state index >= 15 is 0 Å². The maximum Gasteiger partial charge on any atom is 0.326 e. The van der Waals surface area contributed by atoms with Crippen molar-refractivity contribution in [3.05, 3.63) is 52.2 Å². The first-order chi connectivity index (χ1) is 8.75. The van der Waals surface area contributed by atoms with E-state index in [9.17, 15) is 9.90 Å². The second-order valence-electron chi connectivity index (χ2n) is 4.45. The Bertz CT molecular complexity index is 565. The van der Waals surface area contributed by atoms with Crippen LogP contribution in [0.4, 0.5) is 5.69 Å². The van der Waals surface area contributed by atoms with Crippen molar-refractivity contribution in [2.24, 2.45) is 0 Å². The van der Waals surface area contributed by atoms with Crippen LogP contribution in [0.1, 0.15) is 11.1 Å². The van der Waals surface area contributed by atoms with Gasteiger partial charge >= 0.3 is 5.97 Å². The zero-order valence-electron chi connectivity index (χ0n) is 9.74. The highest BCUT2D eigenvalue weighted by Crippen LogP contribution is 2.33. The van der Waals surface area contributed by atoms with E-state index in [-0.39, 0.29) is 0 Å². The Hall–Kier alpha value is -1.81. The second kappa shape index (κ2) is 4.46. The lowest BCUT2D eigenvalue weighted by Gasteiger charge is -2.24. The van der Waals surface area contributed by atoms with Crippen LogP contribution in [0, 0.1) is 0 Å². The second-order valence-corrected chi connectivity index (χ2v) is 5.23. The van der Waals surface area contributed by atoms with Crippen molar-refractivity contribution in [2.45, 2.75) is 19.0 Å². The van der Waals surface area contributed by atoms with Gasteiger partial charge < -0.3 is 10.0 Å². The van der Waals surface area contributed by atoms with Gasteiger partial charge in [-0.25, -0.2) is 4.79 Å². The maximum atomic E-state index is 11.4. The molecule has 4 heteroatoms. The summed E-state index contributed by atoms with van der Waals surface area (Å²) in [5, 5.41) is 13.4. The first-order valence-corrected chi connectivity index (χ1v) is 6.78. The van der Waals surface area contributed by atoms with Gasteiger partial charge in [0.25, 0.3) is 0 Å². The third kappa shape index (κ3) is 1.88. The number of fused-ring (bicyclic) bond motifs is 1. The summed E-state index contributed by atoms with van der Waals surface area (Å²) in [6.45, 7) is 0.664. The lowest BCUT2D eigenvalue weighted by molar-refractivity contribution is -0.138. The molecule has 2 aromatic rings. The van der Waals surface area contributed by atoms with E-state index in [1.165, 1.54) is 5.56 Å². The highest BCUT2D eigenvalue weighted by atomic mass is 32.1. The lowest BCUT2D eigenvalue weighted by atomic mass is 10.1.